The van der Waals surface area contributed by atoms with Gasteiger partial charge in [0.2, 0.25) is 0 Å². The number of carbonyl (C=O) groups is 1. The number of ether oxygens (including phenoxy) is 1. The van der Waals surface area contributed by atoms with Crippen molar-refractivity contribution in [3.63, 3.8) is 0 Å². The van der Waals surface area contributed by atoms with E-state index in [0.717, 1.165) is 12.0 Å². The van der Waals surface area contributed by atoms with E-state index in [0.29, 0.717) is 12.2 Å². The first-order valence-electron chi connectivity index (χ1n) is 6.50. The van der Waals surface area contributed by atoms with Gasteiger partial charge in [-0.1, -0.05) is 30.2 Å². The van der Waals surface area contributed by atoms with Gasteiger partial charge in [0.15, 0.2) is 0 Å². The maximum atomic E-state index is 12.5. The molecule has 1 rings (SSSR count). The highest BCUT2D eigenvalue weighted by atomic mass is 16.5. The quantitative estimate of drug-likeness (QED) is 0.436. The van der Waals surface area contributed by atoms with Gasteiger partial charge >= 0.3 is 0 Å². The number of hydrogen-bond acceptors (Lipinski definition) is 3. The van der Waals surface area contributed by atoms with E-state index < -0.39 is 0 Å². The molecule has 0 fully saturated rings. The first kappa shape index (κ1) is 16.0. The molecule has 0 saturated heterocycles. The second-order valence-corrected chi connectivity index (χ2v) is 4.48. The Hall–Kier alpha value is -2.04. The van der Waals surface area contributed by atoms with Crippen LogP contribution in [0.5, 0.6) is 0 Å². The molecule has 0 bridgehead atoms. The molecule has 1 amide bonds. The lowest BCUT2D eigenvalue weighted by molar-refractivity contribution is 0.0596. The fourth-order valence-corrected chi connectivity index (χ4v) is 2.03. The fraction of sp³-hybridized carbons (Fsp3) is 0.500. The zero-order valence-electron chi connectivity index (χ0n) is 12.1. The van der Waals surface area contributed by atoms with Crippen LogP contribution < -0.4 is 0 Å². The Kier molecular flexibility index (Phi) is 6.56. The highest BCUT2D eigenvalue weighted by molar-refractivity contribution is 5.95. The summed E-state index contributed by atoms with van der Waals surface area (Å²) < 4.78 is 5.14. The van der Waals surface area contributed by atoms with E-state index in [9.17, 15) is 4.79 Å². The van der Waals surface area contributed by atoms with Gasteiger partial charge in [0.25, 0.3) is 5.91 Å². The predicted molar refractivity (Wildman–Crippen MR) is 77.3 cm³/mol. The van der Waals surface area contributed by atoms with Crippen molar-refractivity contribution >= 4 is 5.91 Å². The molecule has 6 heteroatoms. The van der Waals surface area contributed by atoms with Crippen LogP contribution in [0.3, 0.4) is 0 Å². The van der Waals surface area contributed by atoms with E-state index in [2.05, 4.69) is 10.0 Å². The van der Waals surface area contributed by atoms with Crippen molar-refractivity contribution in [2.75, 3.05) is 20.8 Å². The van der Waals surface area contributed by atoms with Gasteiger partial charge in [0, 0.05) is 24.6 Å². The molecule has 0 saturated carbocycles. The summed E-state index contributed by atoms with van der Waals surface area (Å²) in [6.45, 7) is 2.68. The minimum Gasteiger partial charge on any atom is -0.383 e. The number of carbonyl (C=O) groups excluding carboxylic acids is 1. The molecule has 0 aliphatic rings. The molecular weight excluding hydrogens is 256 g/mol. The molecule has 0 aliphatic heterocycles. The average molecular weight is 276 g/mol. The monoisotopic (exact) mass is 276 g/mol. The number of hydrogen-bond donors (Lipinski definition) is 0. The van der Waals surface area contributed by atoms with Crippen LogP contribution >= 0.6 is 0 Å². The van der Waals surface area contributed by atoms with Gasteiger partial charge in [-0.15, -0.1) is 0 Å². The lowest BCUT2D eigenvalue weighted by Gasteiger charge is -2.27. The summed E-state index contributed by atoms with van der Waals surface area (Å²) in [4.78, 5) is 17.0. The van der Waals surface area contributed by atoms with Gasteiger partial charge in [0.05, 0.1) is 19.2 Å². The fourth-order valence-electron chi connectivity index (χ4n) is 2.03. The van der Waals surface area contributed by atoms with Crippen molar-refractivity contribution < 1.29 is 9.53 Å². The van der Waals surface area contributed by atoms with Gasteiger partial charge < -0.3 is 9.64 Å². The van der Waals surface area contributed by atoms with Crippen LogP contribution in [-0.2, 0) is 11.3 Å². The van der Waals surface area contributed by atoms with Crippen LogP contribution in [0.25, 0.3) is 10.4 Å². The number of azide groups is 1. The summed E-state index contributed by atoms with van der Waals surface area (Å²) in [5, 5.41) is 3.53. The number of likely N-dealkylation sites (N-methyl/N-ethyl adjacent to an activating group) is 1. The normalized spacial score (nSPS) is 11.6. The van der Waals surface area contributed by atoms with Crippen LogP contribution in [0.15, 0.2) is 29.4 Å². The van der Waals surface area contributed by atoms with Crippen molar-refractivity contribution in [1.29, 1.82) is 0 Å². The Morgan fingerprint density at radius 2 is 2.20 bits per heavy atom. The van der Waals surface area contributed by atoms with Crippen LogP contribution in [0.2, 0.25) is 0 Å². The van der Waals surface area contributed by atoms with Gasteiger partial charge in [0.1, 0.15) is 0 Å². The number of benzene rings is 1. The van der Waals surface area contributed by atoms with E-state index in [-0.39, 0.29) is 18.5 Å². The van der Waals surface area contributed by atoms with Crippen LogP contribution in [0.1, 0.15) is 29.3 Å². The Balaban J connectivity index is 2.98. The molecule has 1 aromatic rings. The summed E-state index contributed by atoms with van der Waals surface area (Å²) in [5.41, 5.74) is 9.71. The molecule has 1 unspecified atom stereocenters. The molecule has 0 aromatic heterocycles. The maximum absolute atomic E-state index is 12.5. The van der Waals surface area contributed by atoms with E-state index in [1.165, 1.54) is 0 Å². The number of rotatable bonds is 7. The number of methoxy groups -OCH3 is 1. The van der Waals surface area contributed by atoms with Gasteiger partial charge in [-0.05, 0) is 23.6 Å². The molecular formula is C14H20N4O2. The smallest absolute Gasteiger partial charge is 0.254 e. The van der Waals surface area contributed by atoms with Crippen LogP contribution in [0.4, 0.5) is 0 Å². The van der Waals surface area contributed by atoms with Crippen LogP contribution in [0, 0.1) is 0 Å². The van der Waals surface area contributed by atoms with Gasteiger partial charge in [-0.3, -0.25) is 4.79 Å². The Morgan fingerprint density at radius 1 is 1.50 bits per heavy atom. The lowest BCUT2D eigenvalue weighted by Crippen LogP contribution is -2.39. The van der Waals surface area contributed by atoms with Gasteiger partial charge in [-0.2, -0.15) is 0 Å². The second kappa shape index (κ2) is 8.19. The molecule has 1 aromatic carbocycles. The SMILES string of the molecule is CCC(COC)N(C)C(=O)c1ccccc1CN=[N+]=[N-]. The minimum atomic E-state index is -0.0855. The summed E-state index contributed by atoms with van der Waals surface area (Å²) >= 11 is 0. The molecule has 108 valence electrons. The molecule has 0 heterocycles. The van der Waals surface area contributed by atoms with E-state index >= 15 is 0 Å². The predicted octanol–water partition coefficient (Wildman–Crippen LogP) is 2.99. The van der Waals surface area contributed by atoms with Crippen molar-refractivity contribution in [2.45, 2.75) is 25.9 Å². The third kappa shape index (κ3) is 3.98. The largest absolute Gasteiger partial charge is 0.383 e. The first-order valence-corrected chi connectivity index (χ1v) is 6.50. The van der Waals surface area contributed by atoms with E-state index in [1.807, 2.05) is 13.0 Å². The third-order valence-corrected chi connectivity index (χ3v) is 3.25. The molecule has 6 nitrogen and oxygen atoms in total. The molecule has 0 radical (unpaired) electrons. The van der Waals surface area contributed by atoms with Crippen molar-refractivity contribution in [2.24, 2.45) is 5.11 Å². The Morgan fingerprint density at radius 3 is 2.80 bits per heavy atom. The zero-order chi connectivity index (χ0) is 15.0. The topological polar surface area (TPSA) is 78.3 Å². The third-order valence-electron chi connectivity index (χ3n) is 3.25. The van der Waals surface area contributed by atoms with E-state index in [4.69, 9.17) is 10.3 Å². The maximum Gasteiger partial charge on any atom is 0.254 e. The van der Waals surface area contributed by atoms with Crippen molar-refractivity contribution in [1.82, 2.24) is 4.90 Å². The Bertz CT molecular complexity index is 498. The number of amides is 1. The van der Waals surface area contributed by atoms with Crippen molar-refractivity contribution in [3.8, 4) is 0 Å². The average Bonchev–Trinajstić information content (AvgIpc) is 2.49. The second-order valence-electron chi connectivity index (χ2n) is 4.48. The summed E-state index contributed by atoms with van der Waals surface area (Å²) in [5.74, 6) is -0.0855. The summed E-state index contributed by atoms with van der Waals surface area (Å²) in [6, 6.07) is 7.21. The first-order chi connectivity index (χ1) is 9.65. The highest BCUT2D eigenvalue weighted by Crippen LogP contribution is 2.15. The van der Waals surface area contributed by atoms with Gasteiger partial charge in [-0.25, -0.2) is 0 Å². The van der Waals surface area contributed by atoms with Crippen molar-refractivity contribution in [3.05, 3.63) is 45.8 Å². The molecule has 0 spiro atoms. The molecule has 1 atom stereocenters. The molecule has 0 N–H and O–H groups in total. The summed E-state index contributed by atoms with van der Waals surface area (Å²) in [6.07, 6.45) is 0.814. The van der Waals surface area contributed by atoms with Crippen LogP contribution in [-0.4, -0.2) is 37.6 Å². The van der Waals surface area contributed by atoms with E-state index in [1.54, 1.807) is 37.3 Å². The Labute approximate surface area is 119 Å². The molecule has 0 aliphatic carbocycles. The minimum absolute atomic E-state index is 0.0278. The summed E-state index contributed by atoms with van der Waals surface area (Å²) in [7, 11) is 3.39. The number of nitrogens with zero attached hydrogens (tertiary/aromatic N) is 4. The molecule has 20 heavy (non-hydrogen) atoms. The zero-order valence-corrected chi connectivity index (χ0v) is 12.1. The standard InChI is InChI=1S/C14H20N4O2/c1-4-12(10-20-3)18(2)14(19)13-8-6-5-7-11(13)9-16-17-15/h5-8,12H,4,9-10H2,1-3H3. The highest BCUT2D eigenvalue weighted by Gasteiger charge is 2.21. The lowest BCUT2D eigenvalue weighted by atomic mass is 10.1.